The maximum absolute atomic E-state index is 11.8. The van der Waals surface area contributed by atoms with Gasteiger partial charge in [-0.25, -0.2) is 0 Å². The number of aliphatic hydroxyl groups excluding tert-OH is 1. The fourth-order valence-corrected chi connectivity index (χ4v) is 1.77. The van der Waals surface area contributed by atoms with Gasteiger partial charge in [-0.15, -0.1) is 9.24 Å². The van der Waals surface area contributed by atoms with E-state index in [0.717, 1.165) is 11.1 Å². The molecule has 104 valence electrons. The van der Waals surface area contributed by atoms with Crippen LogP contribution in [0.3, 0.4) is 0 Å². The highest BCUT2D eigenvalue weighted by Crippen LogP contribution is 2.22. The first kappa shape index (κ1) is 14.7. The van der Waals surface area contributed by atoms with Gasteiger partial charge in [0.05, 0.1) is 6.61 Å². The Hall–Kier alpha value is -1.74. The van der Waals surface area contributed by atoms with Crippen LogP contribution < -0.4 is 11.1 Å². The average molecular weight is 288 g/mol. The van der Waals surface area contributed by atoms with Crippen molar-refractivity contribution in [1.29, 1.82) is 0 Å². The zero-order valence-corrected chi connectivity index (χ0v) is 12.1. The van der Waals surface area contributed by atoms with Crippen LogP contribution in [0.5, 0.6) is 0 Å². The Bertz CT molecular complexity index is 583. The van der Waals surface area contributed by atoms with Gasteiger partial charge in [-0.1, -0.05) is 42.5 Å². The van der Waals surface area contributed by atoms with Crippen molar-refractivity contribution in [1.82, 2.24) is 0 Å². The molecule has 1 unspecified atom stereocenters. The van der Waals surface area contributed by atoms with Crippen LogP contribution in [0.4, 0.5) is 5.69 Å². The second-order valence-electron chi connectivity index (χ2n) is 4.60. The van der Waals surface area contributed by atoms with Crippen LogP contribution in [0.2, 0.25) is 0 Å². The van der Waals surface area contributed by atoms with Crippen molar-refractivity contribution in [2.75, 3.05) is 11.9 Å². The highest BCUT2D eigenvalue weighted by molar-refractivity contribution is 7.21. The molecule has 5 heteroatoms. The lowest BCUT2D eigenvalue weighted by molar-refractivity contribution is -0.119. The molecule has 20 heavy (non-hydrogen) atoms. The first-order chi connectivity index (χ1) is 9.53. The van der Waals surface area contributed by atoms with Crippen molar-refractivity contribution in [3.63, 3.8) is 0 Å². The molecular formula is C15H17N2O2P. The molecule has 2 aromatic carbocycles. The van der Waals surface area contributed by atoms with E-state index in [2.05, 4.69) is 14.6 Å². The lowest BCUT2D eigenvalue weighted by atomic mass is 10.1. The maximum atomic E-state index is 11.8. The van der Waals surface area contributed by atoms with E-state index < -0.39 is 17.8 Å². The normalized spacial score (nSPS) is 13.6. The van der Waals surface area contributed by atoms with Gasteiger partial charge in [0.25, 0.3) is 5.91 Å². The number of amides is 1. The molecule has 2 atom stereocenters. The van der Waals surface area contributed by atoms with Crippen molar-refractivity contribution in [2.45, 2.75) is 5.28 Å². The summed E-state index contributed by atoms with van der Waals surface area (Å²) in [6.45, 7) is -0.439. The first-order valence-electron chi connectivity index (χ1n) is 6.18. The van der Waals surface area contributed by atoms with Gasteiger partial charge in [0.15, 0.2) is 0 Å². The van der Waals surface area contributed by atoms with Gasteiger partial charge in [-0.2, -0.15) is 0 Å². The van der Waals surface area contributed by atoms with Gasteiger partial charge in [-0.3, -0.25) is 4.79 Å². The Morgan fingerprint density at radius 1 is 1.10 bits per heavy atom. The lowest BCUT2D eigenvalue weighted by Gasteiger charge is -2.20. The summed E-state index contributed by atoms with van der Waals surface area (Å²) in [5, 5.41) is 10.3. The predicted molar refractivity (Wildman–Crippen MR) is 84.2 cm³/mol. The second-order valence-corrected chi connectivity index (χ2v) is 5.63. The number of aliphatic hydroxyl groups is 1. The molecule has 0 aromatic heterocycles. The summed E-state index contributed by atoms with van der Waals surface area (Å²) in [5.41, 5.74) is 8.45. The smallest absolute Gasteiger partial charge is 0.250 e. The quantitative estimate of drug-likeness (QED) is 0.751. The number of anilines is 1. The summed E-state index contributed by atoms with van der Waals surface area (Å²) >= 11 is 0. The van der Waals surface area contributed by atoms with Crippen molar-refractivity contribution in [3.05, 3.63) is 54.6 Å². The Kier molecular flexibility index (Phi) is 4.50. The highest BCUT2D eigenvalue weighted by atomic mass is 31.0. The average Bonchev–Trinajstić information content (AvgIpc) is 2.49. The summed E-state index contributed by atoms with van der Waals surface area (Å²) in [4.78, 5) is 11.8. The summed E-state index contributed by atoms with van der Waals surface area (Å²) in [7, 11) is 2.15. The number of carbonyl (C=O) groups is 1. The Morgan fingerprint density at radius 2 is 1.65 bits per heavy atom. The summed E-state index contributed by atoms with van der Waals surface area (Å²) in [6, 6.07) is 17.4. The minimum atomic E-state index is -1.36. The van der Waals surface area contributed by atoms with Crippen LogP contribution in [0, 0.1) is 0 Å². The molecule has 0 aliphatic heterocycles. The van der Waals surface area contributed by atoms with E-state index in [0.29, 0.717) is 5.69 Å². The van der Waals surface area contributed by atoms with Crippen molar-refractivity contribution < 1.29 is 9.90 Å². The van der Waals surface area contributed by atoms with Gasteiger partial charge < -0.3 is 16.2 Å². The predicted octanol–water partition coefficient (Wildman–Crippen LogP) is 1.81. The molecule has 2 rings (SSSR count). The largest absolute Gasteiger partial charge is 0.394 e. The third-order valence-corrected chi connectivity index (χ3v) is 3.38. The molecule has 0 spiro atoms. The minimum Gasteiger partial charge on any atom is -0.394 e. The number of nitrogens with one attached hydrogen (secondary N) is 1. The maximum Gasteiger partial charge on any atom is 0.250 e. The molecular weight excluding hydrogens is 271 g/mol. The van der Waals surface area contributed by atoms with Crippen molar-refractivity contribution in [2.24, 2.45) is 5.73 Å². The van der Waals surface area contributed by atoms with Crippen molar-refractivity contribution in [3.8, 4) is 11.1 Å². The van der Waals surface area contributed by atoms with Crippen LogP contribution >= 0.6 is 9.24 Å². The van der Waals surface area contributed by atoms with Crippen LogP contribution in [-0.2, 0) is 4.79 Å². The third kappa shape index (κ3) is 3.42. The number of benzene rings is 2. The molecule has 0 bridgehead atoms. The zero-order chi connectivity index (χ0) is 14.6. The Labute approximate surface area is 120 Å². The molecule has 1 amide bonds. The van der Waals surface area contributed by atoms with Gasteiger partial charge in [0.1, 0.15) is 5.28 Å². The van der Waals surface area contributed by atoms with Crippen molar-refractivity contribution >= 4 is 20.8 Å². The molecule has 0 saturated carbocycles. The first-order valence-corrected chi connectivity index (χ1v) is 6.76. The fraction of sp³-hybridized carbons (Fsp3) is 0.133. The van der Waals surface area contributed by atoms with Crippen LogP contribution in [0.1, 0.15) is 0 Å². The van der Waals surface area contributed by atoms with E-state index in [9.17, 15) is 4.79 Å². The molecule has 0 radical (unpaired) electrons. The zero-order valence-electron chi connectivity index (χ0n) is 10.9. The molecule has 0 aliphatic rings. The van der Waals surface area contributed by atoms with Gasteiger partial charge >= 0.3 is 0 Å². The van der Waals surface area contributed by atoms with Gasteiger partial charge in [-0.05, 0) is 23.3 Å². The summed E-state index contributed by atoms with van der Waals surface area (Å²) in [6.07, 6.45) is 0. The molecule has 4 N–H and O–H groups in total. The van der Waals surface area contributed by atoms with E-state index >= 15 is 0 Å². The Morgan fingerprint density at radius 3 is 2.20 bits per heavy atom. The van der Waals surface area contributed by atoms with Crippen LogP contribution in [0.25, 0.3) is 11.1 Å². The second kappa shape index (κ2) is 6.14. The van der Waals surface area contributed by atoms with Crippen LogP contribution in [0.15, 0.2) is 54.6 Å². The summed E-state index contributed by atoms with van der Waals surface area (Å²) < 4.78 is 0. The van der Waals surface area contributed by atoms with E-state index in [1.165, 1.54) is 0 Å². The third-order valence-electron chi connectivity index (χ3n) is 2.93. The molecule has 2 aromatic rings. The number of hydrogen-bond acceptors (Lipinski definition) is 3. The summed E-state index contributed by atoms with van der Waals surface area (Å²) in [5.74, 6) is -0.447. The van der Waals surface area contributed by atoms with E-state index in [-0.39, 0.29) is 0 Å². The number of nitrogens with two attached hydrogens (primary N) is 1. The number of carbonyl (C=O) groups excluding carboxylic acids is 1. The molecule has 0 fully saturated rings. The molecule has 0 saturated heterocycles. The molecule has 0 aliphatic carbocycles. The van der Waals surface area contributed by atoms with E-state index in [1.54, 1.807) is 12.1 Å². The molecule has 4 nitrogen and oxygen atoms in total. The van der Waals surface area contributed by atoms with E-state index in [4.69, 9.17) is 10.8 Å². The lowest BCUT2D eigenvalue weighted by Crippen LogP contribution is -2.48. The Balaban J connectivity index is 2.12. The van der Waals surface area contributed by atoms with E-state index in [1.807, 2.05) is 42.5 Å². The molecule has 0 heterocycles. The standard InChI is InChI=1S/C15H17N2O2P/c16-15(20,10-18)14(19)17-13-8-6-12(7-9-13)11-4-2-1-3-5-11/h1-9,18H,10,16,20H2,(H,17,19)/t15-/m1/s1. The van der Waals surface area contributed by atoms with Gasteiger partial charge in [0.2, 0.25) is 0 Å². The number of hydrogen-bond donors (Lipinski definition) is 3. The monoisotopic (exact) mass is 288 g/mol. The highest BCUT2D eigenvalue weighted by Gasteiger charge is 2.27. The van der Waals surface area contributed by atoms with Gasteiger partial charge in [0, 0.05) is 5.69 Å². The topological polar surface area (TPSA) is 75.3 Å². The fourth-order valence-electron chi connectivity index (χ4n) is 1.70. The SMILES string of the molecule is N[C@@](P)(CO)C(=O)Nc1ccc(-c2ccccc2)cc1. The minimum absolute atomic E-state index is 0.439. The van der Waals surface area contributed by atoms with Crippen LogP contribution in [-0.4, -0.2) is 22.9 Å². The number of rotatable bonds is 4.